The number of anilines is 3. The number of furan rings is 2. The topological polar surface area (TPSA) is 34.5 Å². The van der Waals surface area contributed by atoms with E-state index >= 15 is 0 Å². The Balaban J connectivity index is 1.04. The van der Waals surface area contributed by atoms with E-state index in [0.29, 0.717) is 0 Å². The quantitative estimate of drug-likeness (QED) is 0.168. The minimum Gasteiger partial charge on any atom is -0.456 e. The SMILES string of the molecule is c1ccc(N(c2ccc(-c3ccc4c(c3)oc3ccccc34)cc2)c2ccccc2-n2c3ccccc3c3ccccc32)c(-c2cccc3oc4c5ccccc5ccc4c23)c1. The normalized spacial score (nSPS) is 11.9. The Bertz CT molecular complexity index is 3830. The van der Waals surface area contributed by atoms with Gasteiger partial charge in [-0.15, -0.1) is 0 Å². The summed E-state index contributed by atoms with van der Waals surface area (Å²) >= 11 is 0. The molecule has 0 aliphatic rings. The van der Waals surface area contributed by atoms with Gasteiger partial charge in [-0.1, -0.05) is 146 Å². The molecular formula is C58H36N2O2. The molecule has 0 atom stereocenters. The zero-order chi connectivity index (χ0) is 40.7. The van der Waals surface area contributed by atoms with E-state index in [1.54, 1.807) is 0 Å². The summed E-state index contributed by atoms with van der Waals surface area (Å²) in [5.41, 5.74) is 14.5. The highest BCUT2D eigenvalue weighted by molar-refractivity contribution is 6.20. The highest BCUT2D eigenvalue weighted by Gasteiger charge is 2.24. The maximum absolute atomic E-state index is 6.72. The van der Waals surface area contributed by atoms with Gasteiger partial charge in [0, 0.05) is 49.0 Å². The lowest BCUT2D eigenvalue weighted by Crippen LogP contribution is -2.14. The van der Waals surface area contributed by atoms with Gasteiger partial charge in [-0.25, -0.2) is 0 Å². The Kier molecular flexibility index (Phi) is 7.57. The molecule has 0 bridgehead atoms. The van der Waals surface area contributed by atoms with Gasteiger partial charge in [-0.3, -0.25) is 0 Å². The van der Waals surface area contributed by atoms with Crippen molar-refractivity contribution >= 4 is 93.5 Å². The largest absolute Gasteiger partial charge is 0.456 e. The van der Waals surface area contributed by atoms with Crippen molar-refractivity contribution in [2.75, 3.05) is 4.90 Å². The zero-order valence-corrected chi connectivity index (χ0v) is 33.5. The molecule has 3 aromatic heterocycles. The van der Waals surface area contributed by atoms with E-state index in [1.165, 1.54) is 10.8 Å². The number of fused-ring (bicyclic) bond motifs is 11. The summed E-state index contributed by atoms with van der Waals surface area (Å²) in [6, 6.07) is 78.1. The van der Waals surface area contributed by atoms with Gasteiger partial charge in [0.15, 0.2) is 0 Å². The first-order valence-electron chi connectivity index (χ1n) is 21.1. The van der Waals surface area contributed by atoms with Crippen molar-refractivity contribution in [1.82, 2.24) is 4.57 Å². The molecule has 290 valence electrons. The van der Waals surface area contributed by atoms with Crippen molar-refractivity contribution in [3.63, 3.8) is 0 Å². The molecule has 0 amide bonds. The first-order valence-corrected chi connectivity index (χ1v) is 21.1. The van der Waals surface area contributed by atoms with Crippen molar-refractivity contribution in [1.29, 1.82) is 0 Å². The van der Waals surface area contributed by atoms with Crippen LogP contribution in [0.1, 0.15) is 0 Å². The average molecular weight is 793 g/mol. The van der Waals surface area contributed by atoms with Gasteiger partial charge in [0.05, 0.1) is 28.1 Å². The van der Waals surface area contributed by atoms with Crippen molar-refractivity contribution in [3.05, 3.63) is 218 Å². The maximum atomic E-state index is 6.72. The fourth-order valence-electron chi connectivity index (χ4n) is 9.82. The molecule has 62 heavy (non-hydrogen) atoms. The van der Waals surface area contributed by atoms with Crippen LogP contribution in [0.3, 0.4) is 0 Å². The van der Waals surface area contributed by atoms with Gasteiger partial charge in [0.25, 0.3) is 0 Å². The van der Waals surface area contributed by atoms with Crippen molar-refractivity contribution in [3.8, 4) is 27.9 Å². The number of hydrogen-bond acceptors (Lipinski definition) is 3. The van der Waals surface area contributed by atoms with Crippen molar-refractivity contribution < 1.29 is 8.83 Å². The van der Waals surface area contributed by atoms with Crippen molar-refractivity contribution in [2.45, 2.75) is 0 Å². The highest BCUT2D eigenvalue weighted by Crippen LogP contribution is 2.48. The van der Waals surface area contributed by atoms with Crippen LogP contribution in [0, 0.1) is 0 Å². The molecule has 10 aromatic carbocycles. The molecule has 0 N–H and O–H groups in total. The predicted molar refractivity (Wildman–Crippen MR) is 258 cm³/mol. The summed E-state index contributed by atoms with van der Waals surface area (Å²) in [5.74, 6) is 0. The number of aromatic nitrogens is 1. The third kappa shape index (κ3) is 5.20. The van der Waals surface area contributed by atoms with E-state index in [4.69, 9.17) is 8.83 Å². The first kappa shape index (κ1) is 34.5. The second-order valence-corrected chi connectivity index (χ2v) is 16.0. The van der Waals surface area contributed by atoms with E-state index in [0.717, 1.165) is 111 Å². The summed E-state index contributed by atoms with van der Waals surface area (Å²) in [7, 11) is 0. The molecule has 0 spiro atoms. The molecule has 4 nitrogen and oxygen atoms in total. The second-order valence-electron chi connectivity index (χ2n) is 16.0. The monoisotopic (exact) mass is 792 g/mol. The van der Waals surface area contributed by atoms with Crippen LogP contribution in [-0.4, -0.2) is 4.57 Å². The lowest BCUT2D eigenvalue weighted by Gasteiger charge is -2.30. The summed E-state index contributed by atoms with van der Waals surface area (Å²) in [6.45, 7) is 0. The van der Waals surface area contributed by atoms with E-state index < -0.39 is 0 Å². The number of rotatable bonds is 6. The van der Waals surface area contributed by atoms with Gasteiger partial charge in [-0.2, -0.15) is 0 Å². The second kappa shape index (κ2) is 13.6. The van der Waals surface area contributed by atoms with Crippen LogP contribution in [-0.2, 0) is 0 Å². The van der Waals surface area contributed by atoms with E-state index in [2.05, 4.69) is 216 Å². The van der Waals surface area contributed by atoms with Crippen LogP contribution in [0.2, 0.25) is 0 Å². The Labute approximate surface area is 356 Å². The molecule has 13 rings (SSSR count). The summed E-state index contributed by atoms with van der Waals surface area (Å²) in [4.78, 5) is 2.43. The predicted octanol–water partition coefficient (Wildman–Crippen LogP) is 16.5. The molecule has 0 aliphatic carbocycles. The molecule has 0 saturated carbocycles. The maximum Gasteiger partial charge on any atom is 0.143 e. The fraction of sp³-hybridized carbons (Fsp3) is 0. The van der Waals surface area contributed by atoms with Gasteiger partial charge in [0.1, 0.15) is 22.3 Å². The zero-order valence-electron chi connectivity index (χ0n) is 33.5. The highest BCUT2D eigenvalue weighted by atomic mass is 16.3. The van der Waals surface area contributed by atoms with Crippen LogP contribution in [0.5, 0.6) is 0 Å². The van der Waals surface area contributed by atoms with Gasteiger partial charge >= 0.3 is 0 Å². The lowest BCUT2D eigenvalue weighted by atomic mass is 9.96. The molecule has 4 heteroatoms. The number of nitrogens with zero attached hydrogens (tertiary/aromatic N) is 2. The van der Waals surface area contributed by atoms with Gasteiger partial charge < -0.3 is 18.3 Å². The molecular weight excluding hydrogens is 757 g/mol. The minimum absolute atomic E-state index is 0.867. The molecule has 3 heterocycles. The number of para-hydroxylation sites is 6. The van der Waals surface area contributed by atoms with E-state index in [9.17, 15) is 0 Å². The molecule has 0 saturated heterocycles. The summed E-state index contributed by atoms with van der Waals surface area (Å²) in [6.07, 6.45) is 0. The van der Waals surface area contributed by atoms with Crippen LogP contribution in [0.15, 0.2) is 227 Å². The van der Waals surface area contributed by atoms with Gasteiger partial charge in [0.2, 0.25) is 0 Å². The summed E-state index contributed by atoms with van der Waals surface area (Å²) < 4.78 is 15.5. The Hall–Kier alpha value is -8.34. The van der Waals surface area contributed by atoms with Crippen molar-refractivity contribution in [2.24, 2.45) is 0 Å². The van der Waals surface area contributed by atoms with E-state index in [1.807, 2.05) is 12.1 Å². The molecule has 0 unspecified atom stereocenters. The van der Waals surface area contributed by atoms with Gasteiger partial charge in [-0.05, 0) is 94.9 Å². The standard InChI is InChI=1S/C58H36N2O2/c1-2-15-41-38(14-1)30-35-48-57-47(20-13-27-55(57)62-58(41)48)44-18-5-7-21-49(44)59(40-32-28-37(29-33-40)39-31-34-46-45-19-6-12-26-54(45)61-56(46)36-39)52-24-10-11-25-53(52)60-50-22-8-3-16-42(50)43-17-4-9-23-51(43)60/h1-36H. The van der Waals surface area contributed by atoms with Crippen LogP contribution >= 0.6 is 0 Å². The fourth-order valence-corrected chi connectivity index (χ4v) is 9.82. The van der Waals surface area contributed by atoms with E-state index in [-0.39, 0.29) is 0 Å². The average Bonchev–Trinajstić information content (AvgIpc) is 4.02. The number of hydrogen-bond donors (Lipinski definition) is 0. The molecule has 0 aliphatic heterocycles. The third-order valence-electron chi connectivity index (χ3n) is 12.6. The Morgan fingerprint density at radius 1 is 0.355 bits per heavy atom. The summed E-state index contributed by atoms with van der Waals surface area (Å²) in [5, 5.41) is 9.19. The Morgan fingerprint density at radius 2 is 0.952 bits per heavy atom. The minimum atomic E-state index is 0.867. The smallest absolute Gasteiger partial charge is 0.143 e. The molecule has 0 fully saturated rings. The number of benzene rings is 10. The molecule has 0 radical (unpaired) electrons. The van der Waals surface area contributed by atoms with Crippen LogP contribution in [0.25, 0.3) is 104 Å². The first-order chi connectivity index (χ1) is 30.8. The Morgan fingerprint density at radius 3 is 1.77 bits per heavy atom. The third-order valence-corrected chi connectivity index (χ3v) is 12.6. The lowest BCUT2D eigenvalue weighted by molar-refractivity contribution is 0.669. The van der Waals surface area contributed by atoms with Crippen LogP contribution < -0.4 is 4.90 Å². The van der Waals surface area contributed by atoms with Crippen LogP contribution in [0.4, 0.5) is 17.1 Å². The molecule has 13 aromatic rings.